The van der Waals surface area contributed by atoms with Crippen molar-refractivity contribution in [2.75, 3.05) is 26.2 Å². The van der Waals surface area contributed by atoms with Crippen LogP contribution in [0.5, 0.6) is 0 Å². The number of para-hydroxylation sites is 1. The molecule has 0 aliphatic carbocycles. The van der Waals surface area contributed by atoms with Crippen LogP contribution in [0.25, 0.3) is 10.9 Å². The number of carbonyl (C=O) groups is 1. The summed E-state index contributed by atoms with van der Waals surface area (Å²) in [6.07, 6.45) is 0.740. The smallest absolute Gasteiger partial charge is 0.254 e. The van der Waals surface area contributed by atoms with Crippen LogP contribution >= 0.6 is 11.6 Å². The lowest BCUT2D eigenvalue weighted by atomic mass is 9.99. The summed E-state index contributed by atoms with van der Waals surface area (Å²) in [5.74, 6) is -0.0747. The maximum Gasteiger partial charge on any atom is 0.254 e. The number of carbonyl (C=O) groups excluding carboxylic acids is 1. The highest BCUT2D eigenvalue weighted by molar-refractivity contribution is 7.89. The molecule has 1 amide bonds. The van der Waals surface area contributed by atoms with Crippen molar-refractivity contribution < 1.29 is 13.2 Å². The number of aryl methyl sites for hydroxylation is 1. The second kappa shape index (κ2) is 8.57. The molecule has 1 aliphatic rings. The number of pyridine rings is 1. The van der Waals surface area contributed by atoms with E-state index >= 15 is 0 Å². The largest absolute Gasteiger partial charge is 0.336 e. The highest BCUT2D eigenvalue weighted by Crippen LogP contribution is 2.26. The number of halogens is 1. The fraction of sp³-hybridized carbons (Fsp3) is 0.304. The summed E-state index contributed by atoms with van der Waals surface area (Å²) in [6.45, 7) is 5.14. The molecule has 0 radical (unpaired) electrons. The third-order valence-electron chi connectivity index (χ3n) is 5.76. The standard InChI is InChI=1S/C23H24ClN3O3S/c1-3-20-16(2)22(19-6-4-5-7-21(19)25-20)23(28)26-12-14-27(15-13-26)31(29,30)18-10-8-17(24)9-11-18/h4-11H,3,12-15H2,1-2H3. The van der Waals surface area contributed by atoms with E-state index in [2.05, 4.69) is 0 Å². The van der Waals surface area contributed by atoms with Crippen LogP contribution < -0.4 is 0 Å². The van der Waals surface area contributed by atoms with Gasteiger partial charge in [-0.3, -0.25) is 9.78 Å². The van der Waals surface area contributed by atoms with Gasteiger partial charge in [0.1, 0.15) is 0 Å². The first-order chi connectivity index (χ1) is 14.8. The SMILES string of the molecule is CCc1nc2ccccc2c(C(=O)N2CCN(S(=O)(=O)c3ccc(Cl)cc3)CC2)c1C. The zero-order valence-electron chi connectivity index (χ0n) is 17.5. The minimum Gasteiger partial charge on any atom is -0.336 e. The normalized spacial score (nSPS) is 15.4. The molecular weight excluding hydrogens is 434 g/mol. The number of amides is 1. The lowest BCUT2D eigenvalue weighted by Gasteiger charge is -2.34. The van der Waals surface area contributed by atoms with Gasteiger partial charge in [0.2, 0.25) is 10.0 Å². The number of piperazine rings is 1. The van der Waals surface area contributed by atoms with E-state index < -0.39 is 10.0 Å². The van der Waals surface area contributed by atoms with Gasteiger partial charge >= 0.3 is 0 Å². The number of rotatable bonds is 4. The van der Waals surface area contributed by atoms with Crippen molar-refractivity contribution in [1.29, 1.82) is 0 Å². The fourth-order valence-corrected chi connectivity index (χ4v) is 5.57. The number of nitrogens with zero attached hydrogens (tertiary/aromatic N) is 3. The maximum atomic E-state index is 13.5. The Morgan fingerprint density at radius 3 is 2.32 bits per heavy atom. The van der Waals surface area contributed by atoms with Gasteiger partial charge in [-0.15, -0.1) is 0 Å². The predicted molar refractivity (Wildman–Crippen MR) is 122 cm³/mol. The number of benzene rings is 2. The van der Waals surface area contributed by atoms with E-state index in [-0.39, 0.29) is 23.9 Å². The van der Waals surface area contributed by atoms with Gasteiger partial charge in [0.05, 0.1) is 16.0 Å². The van der Waals surface area contributed by atoms with E-state index in [0.29, 0.717) is 23.7 Å². The van der Waals surface area contributed by atoms with Crippen molar-refractivity contribution in [3.05, 3.63) is 70.4 Å². The van der Waals surface area contributed by atoms with Gasteiger partial charge in [-0.1, -0.05) is 36.7 Å². The number of fused-ring (bicyclic) bond motifs is 1. The molecule has 2 heterocycles. The van der Waals surface area contributed by atoms with Crippen LogP contribution in [0, 0.1) is 6.92 Å². The van der Waals surface area contributed by atoms with Crippen molar-refractivity contribution in [2.45, 2.75) is 25.2 Å². The molecule has 1 aromatic heterocycles. The zero-order valence-corrected chi connectivity index (χ0v) is 19.1. The first-order valence-corrected chi connectivity index (χ1v) is 12.1. The molecule has 162 valence electrons. The lowest BCUT2D eigenvalue weighted by Crippen LogP contribution is -2.50. The Morgan fingerprint density at radius 1 is 1.03 bits per heavy atom. The minimum absolute atomic E-state index is 0.0747. The Morgan fingerprint density at radius 2 is 1.68 bits per heavy atom. The fourth-order valence-electron chi connectivity index (χ4n) is 4.02. The van der Waals surface area contributed by atoms with Gasteiger partial charge in [0.15, 0.2) is 0 Å². The molecule has 1 saturated heterocycles. The molecule has 0 bridgehead atoms. The van der Waals surface area contributed by atoms with Crippen LogP contribution in [0.2, 0.25) is 5.02 Å². The zero-order chi connectivity index (χ0) is 22.2. The van der Waals surface area contributed by atoms with Crippen LogP contribution in [-0.4, -0.2) is 54.7 Å². The predicted octanol–water partition coefficient (Wildman–Crippen LogP) is 3.91. The first kappa shape index (κ1) is 21.7. The van der Waals surface area contributed by atoms with E-state index in [4.69, 9.17) is 16.6 Å². The van der Waals surface area contributed by atoms with Gasteiger partial charge in [0, 0.05) is 42.3 Å². The quantitative estimate of drug-likeness (QED) is 0.595. The lowest BCUT2D eigenvalue weighted by molar-refractivity contribution is 0.0699. The molecule has 2 aromatic carbocycles. The summed E-state index contributed by atoms with van der Waals surface area (Å²) < 4.78 is 27.3. The molecule has 0 saturated carbocycles. The topological polar surface area (TPSA) is 70.6 Å². The molecule has 6 nitrogen and oxygen atoms in total. The van der Waals surface area contributed by atoms with E-state index in [1.807, 2.05) is 38.1 Å². The minimum atomic E-state index is -3.62. The van der Waals surface area contributed by atoms with E-state index in [1.165, 1.54) is 16.4 Å². The van der Waals surface area contributed by atoms with Gasteiger partial charge in [-0.2, -0.15) is 4.31 Å². The third-order valence-corrected chi connectivity index (χ3v) is 7.93. The molecule has 0 spiro atoms. The van der Waals surface area contributed by atoms with Crippen molar-refractivity contribution in [1.82, 2.24) is 14.2 Å². The van der Waals surface area contributed by atoms with E-state index in [1.54, 1.807) is 17.0 Å². The average molecular weight is 458 g/mol. The van der Waals surface area contributed by atoms with Crippen molar-refractivity contribution in [3.63, 3.8) is 0 Å². The maximum absolute atomic E-state index is 13.5. The van der Waals surface area contributed by atoms with Gasteiger partial charge in [-0.25, -0.2) is 8.42 Å². The van der Waals surface area contributed by atoms with Crippen LogP contribution in [0.15, 0.2) is 53.4 Å². The number of sulfonamides is 1. The molecule has 8 heteroatoms. The monoisotopic (exact) mass is 457 g/mol. The Labute approximate surface area is 187 Å². The molecule has 1 aliphatic heterocycles. The number of hydrogen-bond acceptors (Lipinski definition) is 4. The van der Waals surface area contributed by atoms with Gasteiger partial charge in [-0.05, 0) is 49.2 Å². The second-order valence-electron chi connectivity index (χ2n) is 7.58. The second-order valence-corrected chi connectivity index (χ2v) is 9.95. The molecule has 0 N–H and O–H groups in total. The molecule has 3 aromatic rings. The molecule has 0 unspecified atom stereocenters. The third kappa shape index (κ3) is 4.05. The molecule has 1 fully saturated rings. The Kier molecular flexibility index (Phi) is 6.01. The van der Waals surface area contributed by atoms with Crippen molar-refractivity contribution in [3.8, 4) is 0 Å². The summed E-state index contributed by atoms with van der Waals surface area (Å²) in [7, 11) is -3.62. The van der Waals surface area contributed by atoms with E-state index in [9.17, 15) is 13.2 Å². The molecule has 0 atom stereocenters. The van der Waals surface area contributed by atoms with E-state index in [0.717, 1.165) is 28.6 Å². The van der Waals surface area contributed by atoms with Crippen molar-refractivity contribution >= 4 is 38.4 Å². The Hall–Kier alpha value is -2.48. The molecule has 4 rings (SSSR count). The highest BCUT2D eigenvalue weighted by Gasteiger charge is 2.31. The Bertz CT molecular complexity index is 1230. The number of hydrogen-bond donors (Lipinski definition) is 0. The van der Waals surface area contributed by atoms with Crippen LogP contribution in [0.4, 0.5) is 0 Å². The summed E-state index contributed by atoms with van der Waals surface area (Å²) >= 11 is 5.88. The summed E-state index contributed by atoms with van der Waals surface area (Å²) in [4.78, 5) is 20.1. The van der Waals surface area contributed by atoms with Crippen LogP contribution in [0.1, 0.15) is 28.5 Å². The molecular formula is C23H24ClN3O3S. The first-order valence-electron chi connectivity index (χ1n) is 10.3. The van der Waals surface area contributed by atoms with Crippen molar-refractivity contribution in [2.24, 2.45) is 0 Å². The van der Waals surface area contributed by atoms with Gasteiger partial charge < -0.3 is 4.90 Å². The summed E-state index contributed by atoms with van der Waals surface area (Å²) in [5.41, 5.74) is 3.27. The molecule has 31 heavy (non-hydrogen) atoms. The van der Waals surface area contributed by atoms with Crippen LogP contribution in [0.3, 0.4) is 0 Å². The number of aromatic nitrogens is 1. The summed E-state index contributed by atoms with van der Waals surface area (Å²) in [6, 6.07) is 13.8. The Balaban J connectivity index is 1.58. The summed E-state index contributed by atoms with van der Waals surface area (Å²) in [5, 5.41) is 1.32. The van der Waals surface area contributed by atoms with Crippen LogP contribution in [-0.2, 0) is 16.4 Å². The highest BCUT2D eigenvalue weighted by atomic mass is 35.5. The van der Waals surface area contributed by atoms with Gasteiger partial charge in [0.25, 0.3) is 5.91 Å². The average Bonchev–Trinajstić information content (AvgIpc) is 2.78.